The van der Waals surface area contributed by atoms with E-state index < -0.39 is 0 Å². The lowest BCUT2D eigenvalue weighted by Crippen LogP contribution is -1.97. The minimum absolute atomic E-state index is 0.110. The van der Waals surface area contributed by atoms with E-state index in [-0.39, 0.29) is 24.2 Å². The molecule has 0 atom stereocenters. The molecule has 3 heterocycles. The fraction of sp³-hybridized carbons (Fsp3) is 0. The molecule has 0 aliphatic rings. The van der Waals surface area contributed by atoms with Crippen LogP contribution >= 0.6 is 11.3 Å². The topological polar surface area (TPSA) is 30.7 Å². The van der Waals surface area contributed by atoms with Gasteiger partial charge in [0.15, 0.2) is 5.82 Å². The minimum atomic E-state index is -0.284. The van der Waals surface area contributed by atoms with Crippen molar-refractivity contribution in [2.75, 3.05) is 0 Å². The van der Waals surface area contributed by atoms with Crippen LogP contribution in [0.3, 0.4) is 0 Å². The van der Waals surface area contributed by atoms with E-state index in [0.29, 0.717) is 22.6 Å². The highest BCUT2D eigenvalue weighted by Crippen LogP contribution is 2.47. The maximum atomic E-state index is 8.65. The Morgan fingerprint density at radius 2 is 1.24 bits per heavy atom. The summed E-state index contributed by atoms with van der Waals surface area (Å²) in [6.45, 7) is 0. The van der Waals surface area contributed by atoms with Crippen molar-refractivity contribution in [2.24, 2.45) is 0 Å². The molecule has 3 aromatic heterocycles. The van der Waals surface area contributed by atoms with E-state index in [1.165, 1.54) is 53.3 Å². The van der Waals surface area contributed by atoms with Crippen molar-refractivity contribution in [3.05, 3.63) is 152 Å². The van der Waals surface area contributed by atoms with Gasteiger partial charge in [-0.25, -0.2) is 9.97 Å². The fourth-order valence-corrected chi connectivity index (χ4v) is 8.23. The lowest BCUT2D eigenvalue weighted by atomic mass is 9.99. The first kappa shape index (κ1) is 21.8. The van der Waals surface area contributed by atoms with E-state index in [1.807, 2.05) is 47.7 Å². The first-order valence-electron chi connectivity index (χ1n) is 17.2. The van der Waals surface area contributed by atoms with Gasteiger partial charge >= 0.3 is 0 Å². The van der Waals surface area contributed by atoms with E-state index in [2.05, 4.69) is 89.5 Å². The zero-order valence-electron chi connectivity index (χ0n) is 28.4. The van der Waals surface area contributed by atoms with E-state index in [4.69, 9.17) is 15.5 Å². The number of aromatic nitrogens is 3. The summed E-state index contributed by atoms with van der Waals surface area (Å²) in [4.78, 5) is 9.85. The van der Waals surface area contributed by atoms with Gasteiger partial charge in [-0.15, -0.1) is 11.3 Å². The minimum Gasteiger partial charge on any atom is -0.308 e. The average Bonchev–Trinajstić information content (AvgIpc) is 3.72. The molecule has 0 N–H and O–H groups in total. The standard InChI is InChI=1S/C42H25N3S/c1-2-12-26(13-3-1)39-31-16-6-9-19-34(31)43-42(44-39)27-22-24-28(25-23-27)45-35-20-10-7-17-32(35)37-29-14-4-5-15-30(29)38-33-18-8-11-21-36(33)46-41(38)40(37)45/h1-25H/i1D,2D,3D,12D. The molecular weight excluding hydrogens is 579 g/mol. The predicted octanol–water partition coefficient (Wildman–Crippen LogP) is 11.6. The molecule has 0 amide bonds. The SMILES string of the molecule is [2H]c1cc(-c2nc(-c3ccc(-n4c5ccccc5c5c6ccccc6c6c7ccccc7sc6c54)cc3)nc3ccccc23)c([2H])c([2H])c1[2H]. The van der Waals surface area contributed by atoms with Gasteiger partial charge < -0.3 is 4.57 Å². The van der Waals surface area contributed by atoms with Crippen LogP contribution in [0.25, 0.3) is 92.0 Å². The van der Waals surface area contributed by atoms with Crippen molar-refractivity contribution in [1.29, 1.82) is 0 Å². The van der Waals surface area contributed by atoms with Crippen LogP contribution in [0.15, 0.2) is 152 Å². The molecule has 214 valence electrons. The molecule has 10 aromatic rings. The largest absolute Gasteiger partial charge is 0.308 e. The normalized spacial score (nSPS) is 13.1. The van der Waals surface area contributed by atoms with Crippen LogP contribution in [-0.2, 0) is 0 Å². The Bertz CT molecular complexity index is 3040. The van der Waals surface area contributed by atoms with E-state index in [1.54, 1.807) is 0 Å². The molecule has 46 heavy (non-hydrogen) atoms. The first-order valence-corrected chi connectivity index (χ1v) is 16.0. The highest BCUT2D eigenvalue weighted by molar-refractivity contribution is 7.27. The number of nitrogens with zero attached hydrogens (tertiary/aromatic N) is 3. The lowest BCUT2D eigenvalue weighted by molar-refractivity contribution is 1.18. The number of para-hydroxylation sites is 2. The summed E-state index contributed by atoms with van der Waals surface area (Å²) in [5, 5.41) is 8.23. The molecule has 0 saturated carbocycles. The van der Waals surface area contributed by atoms with Crippen LogP contribution in [0.1, 0.15) is 5.48 Å². The summed E-state index contributed by atoms with van der Waals surface area (Å²) in [6, 6.07) is 42.6. The summed E-state index contributed by atoms with van der Waals surface area (Å²) in [7, 11) is 0. The van der Waals surface area contributed by atoms with Crippen molar-refractivity contribution in [2.45, 2.75) is 0 Å². The van der Waals surface area contributed by atoms with Crippen LogP contribution in [0.5, 0.6) is 0 Å². The molecule has 0 fully saturated rings. The predicted molar refractivity (Wildman–Crippen MR) is 195 cm³/mol. The summed E-state index contributed by atoms with van der Waals surface area (Å²) in [5.74, 6) is 0.484. The second kappa shape index (κ2) is 9.83. The third kappa shape index (κ3) is 3.65. The van der Waals surface area contributed by atoms with Gasteiger partial charge in [0.05, 0.1) is 32.4 Å². The summed E-state index contributed by atoms with van der Waals surface area (Å²) in [5.41, 5.74) is 5.67. The highest BCUT2D eigenvalue weighted by Gasteiger charge is 2.21. The number of rotatable bonds is 3. The monoisotopic (exact) mass is 607 g/mol. The molecule has 0 spiro atoms. The molecule has 0 bridgehead atoms. The zero-order chi connectivity index (χ0) is 33.7. The summed E-state index contributed by atoms with van der Waals surface area (Å²) in [6.07, 6.45) is 0. The average molecular weight is 608 g/mol. The van der Waals surface area contributed by atoms with Gasteiger partial charge in [-0.05, 0) is 53.2 Å². The Morgan fingerprint density at radius 1 is 0.543 bits per heavy atom. The number of hydrogen-bond acceptors (Lipinski definition) is 3. The Morgan fingerprint density at radius 3 is 2.09 bits per heavy atom. The second-order valence-electron chi connectivity index (χ2n) is 11.5. The van der Waals surface area contributed by atoms with E-state index in [0.717, 1.165) is 22.2 Å². The molecule has 10 rings (SSSR count). The maximum Gasteiger partial charge on any atom is 0.160 e. The molecule has 0 saturated heterocycles. The van der Waals surface area contributed by atoms with Gasteiger partial charge in [-0.1, -0.05) is 109 Å². The van der Waals surface area contributed by atoms with E-state index in [9.17, 15) is 0 Å². The quantitative estimate of drug-likeness (QED) is 0.200. The van der Waals surface area contributed by atoms with Gasteiger partial charge in [-0.2, -0.15) is 0 Å². The van der Waals surface area contributed by atoms with Crippen molar-refractivity contribution < 1.29 is 5.48 Å². The van der Waals surface area contributed by atoms with Gasteiger partial charge in [0.2, 0.25) is 0 Å². The third-order valence-electron chi connectivity index (χ3n) is 8.94. The number of fused-ring (bicyclic) bond motifs is 11. The van der Waals surface area contributed by atoms with Gasteiger partial charge in [0, 0.05) is 48.4 Å². The van der Waals surface area contributed by atoms with Crippen molar-refractivity contribution >= 4 is 75.0 Å². The van der Waals surface area contributed by atoms with Crippen LogP contribution in [0.4, 0.5) is 0 Å². The zero-order valence-corrected chi connectivity index (χ0v) is 25.2. The Hall–Kier alpha value is -5.84. The van der Waals surface area contributed by atoms with Crippen molar-refractivity contribution in [3.8, 4) is 28.3 Å². The van der Waals surface area contributed by atoms with Gasteiger partial charge in [-0.3, -0.25) is 0 Å². The van der Waals surface area contributed by atoms with Gasteiger partial charge in [0.25, 0.3) is 0 Å². The Kier molecular flexibility index (Phi) is 4.66. The van der Waals surface area contributed by atoms with Crippen molar-refractivity contribution in [1.82, 2.24) is 14.5 Å². The smallest absolute Gasteiger partial charge is 0.160 e. The molecule has 7 aromatic carbocycles. The number of thiophene rings is 1. The highest BCUT2D eigenvalue weighted by atomic mass is 32.1. The molecule has 3 nitrogen and oxygen atoms in total. The molecular formula is C42H25N3S. The van der Waals surface area contributed by atoms with Crippen LogP contribution in [0.2, 0.25) is 0 Å². The van der Waals surface area contributed by atoms with Crippen LogP contribution < -0.4 is 0 Å². The summed E-state index contributed by atoms with van der Waals surface area (Å²) < 4.78 is 38.2. The second-order valence-corrected chi connectivity index (χ2v) is 12.5. The summed E-state index contributed by atoms with van der Waals surface area (Å²) >= 11 is 1.84. The van der Waals surface area contributed by atoms with Crippen molar-refractivity contribution in [3.63, 3.8) is 0 Å². The Labute approximate surface area is 274 Å². The Balaban J connectivity index is 1.22. The number of benzene rings is 7. The van der Waals surface area contributed by atoms with Crippen LogP contribution in [-0.4, -0.2) is 14.5 Å². The van der Waals surface area contributed by atoms with E-state index >= 15 is 0 Å². The molecule has 0 unspecified atom stereocenters. The molecule has 0 aliphatic heterocycles. The maximum absolute atomic E-state index is 8.65. The first-order chi connectivity index (χ1) is 24.5. The third-order valence-corrected chi connectivity index (χ3v) is 10.1. The van der Waals surface area contributed by atoms with Crippen LogP contribution in [0, 0.1) is 0 Å². The fourth-order valence-electron chi connectivity index (χ4n) is 6.97. The van der Waals surface area contributed by atoms with Gasteiger partial charge in [0.1, 0.15) is 0 Å². The molecule has 0 aliphatic carbocycles. The molecule has 0 radical (unpaired) electrons. The molecule has 4 heteroatoms. The lowest BCUT2D eigenvalue weighted by Gasteiger charge is -2.12. The number of hydrogen-bond donors (Lipinski definition) is 0.